The largest absolute Gasteiger partial charge is 0.377 e. The lowest BCUT2D eigenvalue weighted by atomic mass is 9.75. The van der Waals surface area contributed by atoms with Crippen LogP contribution in [0.15, 0.2) is 151 Å². The van der Waals surface area contributed by atoms with E-state index in [-0.39, 0.29) is 12.0 Å². The summed E-state index contributed by atoms with van der Waals surface area (Å²) in [6, 6.07) is 50.2. The molecule has 1 nitrogen and oxygen atoms in total. The van der Waals surface area contributed by atoms with Gasteiger partial charge in [-0.3, -0.25) is 0 Å². The van der Waals surface area contributed by atoms with Gasteiger partial charge in [0.05, 0.1) is 6.04 Å². The minimum absolute atomic E-state index is 0.0123. The maximum atomic E-state index is 4.03. The smallest absolute Gasteiger partial charge is 0.0629 e. The van der Waals surface area contributed by atoms with Gasteiger partial charge in [-0.25, -0.2) is 0 Å². The molecule has 1 aliphatic carbocycles. The predicted molar refractivity (Wildman–Crippen MR) is 167 cm³/mol. The standard InChI is InChI=1S/C38H29N/c1-2-11-27(12-3-1)25-32-22-21-30-15-7-9-19-35(30)37(32)38(36-20-10-17-29-14-6-8-18-34(29)36)39-33-24-23-28-13-4-5-16-31(28)26-33/h1-26,37-39H. The maximum absolute atomic E-state index is 4.03. The molecule has 0 heterocycles. The minimum Gasteiger partial charge on any atom is -0.377 e. The van der Waals surface area contributed by atoms with Crippen molar-refractivity contribution < 1.29 is 0 Å². The Morgan fingerprint density at radius 3 is 2.18 bits per heavy atom. The highest BCUT2D eigenvalue weighted by atomic mass is 14.9. The van der Waals surface area contributed by atoms with Gasteiger partial charge in [-0.15, -0.1) is 0 Å². The highest BCUT2D eigenvalue weighted by Crippen LogP contribution is 2.46. The molecule has 186 valence electrons. The zero-order valence-corrected chi connectivity index (χ0v) is 21.7. The Balaban J connectivity index is 1.45. The molecule has 1 N–H and O–H groups in total. The highest BCUT2D eigenvalue weighted by molar-refractivity contribution is 5.88. The van der Waals surface area contributed by atoms with Gasteiger partial charge in [0.1, 0.15) is 0 Å². The molecule has 2 atom stereocenters. The molecule has 0 amide bonds. The van der Waals surface area contributed by atoms with Crippen LogP contribution in [-0.2, 0) is 0 Å². The normalized spacial score (nSPS) is 16.3. The zero-order valence-electron chi connectivity index (χ0n) is 21.7. The van der Waals surface area contributed by atoms with Crippen molar-refractivity contribution >= 4 is 39.4 Å². The molecule has 39 heavy (non-hydrogen) atoms. The molecule has 7 rings (SSSR count). The van der Waals surface area contributed by atoms with Gasteiger partial charge in [0.15, 0.2) is 0 Å². The van der Waals surface area contributed by atoms with Gasteiger partial charge in [-0.2, -0.15) is 0 Å². The molecule has 0 radical (unpaired) electrons. The minimum atomic E-state index is 0.0123. The van der Waals surface area contributed by atoms with Gasteiger partial charge < -0.3 is 5.32 Å². The number of anilines is 1. The zero-order chi connectivity index (χ0) is 26.0. The van der Waals surface area contributed by atoms with E-state index < -0.39 is 0 Å². The Hall–Kier alpha value is -4.88. The summed E-state index contributed by atoms with van der Waals surface area (Å²) in [5.74, 6) is 0.115. The molecule has 0 saturated carbocycles. The van der Waals surface area contributed by atoms with Gasteiger partial charge in [0.25, 0.3) is 0 Å². The van der Waals surface area contributed by atoms with Gasteiger partial charge in [-0.05, 0) is 61.5 Å². The lowest BCUT2D eigenvalue weighted by molar-refractivity contribution is 0.674. The molecule has 0 aromatic heterocycles. The average Bonchev–Trinajstić information content (AvgIpc) is 3.00. The van der Waals surface area contributed by atoms with Crippen LogP contribution in [0.1, 0.15) is 34.2 Å². The number of rotatable bonds is 5. The molecule has 0 aliphatic heterocycles. The van der Waals surface area contributed by atoms with E-state index in [4.69, 9.17) is 0 Å². The van der Waals surface area contributed by atoms with E-state index in [0.717, 1.165) is 5.69 Å². The highest BCUT2D eigenvalue weighted by Gasteiger charge is 2.31. The van der Waals surface area contributed by atoms with Crippen LogP contribution in [0.25, 0.3) is 33.7 Å². The summed E-state index contributed by atoms with van der Waals surface area (Å²) in [7, 11) is 0. The summed E-state index contributed by atoms with van der Waals surface area (Å²) in [6.45, 7) is 0. The summed E-state index contributed by atoms with van der Waals surface area (Å²) in [6.07, 6.45) is 6.91. The SMILES string of the molecule is C1=Cc2ccccc2C(C(Nc2ccc3ccccc3c2)c2cccc3ccccc23)C1=Cc1ccccc1. The molecule has 2 unspecified atom stereocenters. The van der Waals surface area contributed by atoms with E-state index >= 15 is 0 Å². The first kappa shape index (κ1) is 23.3. The van der Waals surface area contributed by atoms with E-state index in [1.165, 1.54) is 49.4 Å². The first-order valence-corrected chi connectivity index (χ1v) is 13.6. The molecule has 0 fully saturated rings. The third kappa shape index (κ3) is 4.53. The Labute approximate surface area is 229 Å². The van der Waals surface area contributed by atoms with Gasteiger partial charge in [0.2, 0.25) is 0 Å². The van der Waals surface area contributed by atoms with Crippen molar-refractivity contribution in [3.05, 3.63) is 173 Å². The van der Waals surface area contributed by atoms with Crippen molar-refractivity contribution in [2.75, 3.05) is 5.32 Å². The lowest BCUT2D eigenvalue weighted by Crippen LogP contribution is -2.23. The Morgan fingerprint density at radius 1 is 0.564 bits per heavy atom. The van der Waals surface area contributed by atoms with Crippen molar-refractivity contribution in [3.8, 4) is 0 Å². The van der Waals surface area contributed by atoms with Crippen LogP contribution >= 0.6 is 0 Å². The average molecular weight is 500 g/mol. The molecular formula is C38H29N. The molecule has 0 saturated heterocycles. The van der Waals surface area contributed by atoms with Crippen LogP contribution in [0.4, 0.5) is 5.69 Å². The van der Waals surface area contributed by atoms with E-state index in [9.17, 15) is 0 Å². The van der Waals surface area contributed by atoms with Crippen molar-refractivity contribution in [2.45, 2.75) is 12.0 Å². The fourth-order valence-electron chi connectivity index (χ4n) is 5.99. The Morgan fingerprint density at radius 2 is 1.28 bits per heavy atom. The third-order valence-electron chi connectivity index (χ3n) is 7.84. The van der Waals surface area contributed by atoms with Crippen LogP contribution in [0.2, 0.25) is 0 Å². The van der Waals surface area contributed by atoms with Crippen LogP contribution in [0.5, 0.6) is 0 Å². The van der Waals surface area contributed by atoms with Crippen molar-refractivity contribution in [1.82, 2.24) is 0 Å². The van der Waals surface area contributed by atoms with E-state index in [1.54, 1.807) is 0 Å². The fraction of sp³-hybridized carbons (Fsp3) is 0.0526. The van der Waals surface area contributed by atoms with Crippen molar-refractivity contribution in [2.24, 2.45) is 0 Å². The summed E-state index contributed by atoms with van der Waals surface area (Å²) in [4.78, 5) is 0. The van der Waals surface area contributed by atoms with E-state index in [2.05, 4.69) is 163 Å². The van der Waals surface area contributed by atoms with E-state index in [1.807, 2.05) is 0 Å². The summed E-state index contributed by atoms with van der Waals surface area (Å²) >= 11 is 0. The number of hydrogen-bond donors (Lipinski definition) is 1. The lowest BCUT2D eigenvalue weighted by Gasteiger charge is -2.34. The van der Waals surface area contributed by atoms with E-state index in [0.29, 0.717) is 0 Å². The third-order valence-corrected chi connectivity index (χ3v) is 7.84. The van der Waals surface area contributed by atoms with Gasteiger partial charge in [0, 0.05) is 11.6 Å². The van der Waals surface area contributed by atoms with Crippen molar-refractivity contribution in [3.63, 3.8) is 0 Å². The first-order valence-electron chi connectivity index (χ1n) is 13.6. The molecule has 6 aromatic rings. The molecule has 0 bridgehead atoms. The van der Waals surface area contributed by atoms with Crippen LogP contribution in [-0.4, -0.2) is 0 Å². The predicted octanol–water partition coefficient (Wildman–Crippen LogP) is 10.0. The number of hydrogen-bond acceptors (Lipinski definition) is 1. The molecule has 1 heteroatoms. The number of allylic oxidation sites excluding steroid dienone is 1. The Bertz CT molecular complexity index is 1840. The van der Waals surface area contributed by atoms with Gasteiger partial charge >= 0.3 is 0 Å². The molecule has 0 spiro atoms. The quantitative estimate of drug-likeness (QED) is 0.249. The summed E-state index contributed by atoms with van der Waals surface area (Å²) < 4.78 is 0. The number of nitrogens with one attached hydrogen (secondary N) is 1. The number of fused-ring (bicyclic) bond motifs is 3. The summed E-state index contributed by atoms with van der Waals surface area (Å²) in [5.41, 5.74) is 7.55. The molecular weight excluding hydrogens is 470 g/mol. The summed E-state index contributed by atoms with van der Waals surface area (Å²) in [5, 5.41) is 9.06. The first-order chi connectivity index (χ1) is 19.3. The molecule has 1 aliphatic rings. The Kier molecular flexibility index (Phi) is 6.03. The van der Waals surface area contributed by atoms with Crippen LogP contribution < -0.4 is 5.32 Å². The molecule has 6 aromatic carbocycles. The maximum Gasteiger partial charge on any atom is 0.0629 e. The van der Waals surface area contributed by atoms with Crippen LogP contribution in [0, 0.1) is 0 Å². The fourth-order valence-corrected chi connectivity index (χ4v) is 5.99. The van der Waals surface area contributed by atoms with Crippen LogP contribution in [0.3, 0.4) is 0 Å². The monoisotopic (exact) mass is 499 g/mol. The topological polar surface area (TPSA) is 12.0 Å². The number of benzene rings is 6. The second kappa shape index (κ2) is 10.1. The van der Waals surface area contributed by atoms with Crippen molar-refractivity contribution in [1.29, 1.82) is 0 Å². The van der Waals surface area contributed by atoms with Gasteiger partial charge in [-0.1, -0.05) is 146 Å². The second-order valence-electron chi connectivity index (χ2n) is 10.2. The second-order valence-corrected chi connectivity index (χ2v) is 10.2.